The summed E-state index contributed by atoms with van der Waals surface area (Å²) in [5.74, 6) is 0. The van der Waals surface area contributed by atoms with Crippen molar-refractivity contribution in [2.24, 2.45) is 0 Å². The number of nitrogens with zero attached hydrogens (tertiary/aromatic N) is 2. The lowest BCUT2D eigenvalue weighted by Gasteiger charge is -2.28. The van der Waals surface area contributed by atoms with E-state index in [4.69, 9.17) is 0 Å². The minimum Gasteiger partial charge on any atom is -0.384 e. The molecule has 0 saturated carbocycles. The van der Waals surface area contributed by atoms with E-state index in [9.17, 15) is 0 Å². The van der Waals surface area contributed by atoms with Gasteiger partial charge in [0.2, 0.25) is 0 Å². The number of likely N-dealkylation sites (N-methyl/N-ethyl adjacent to an activating group) is 1. The van der Waals surface area contributed by atoms with Crippen molar-refractivity contribution in [1.82, 2.24) is 9.80 Å². The molecular weight excluding hydrogens is 302 g/mol. The molecule has 1 aliphatic heterocycles. The monoisotopic (exact) mass is 325 g/mol. The van der Waals surface area contributed by atoms with E-state index in [2.05, 4.69) is 69.3 Å². The molecular formula is C15H24BrN3. The summed E-state index contributed by atoms with van der Waals surface area (Å²) >= 11 is 3.46. The molecule has 0 bridgehead atoms. The Morgan fingerprint density at radius 2 is 2.00 bits per heavy atom. The molecule has 4 heteroatoms. The molecule has 0 radical (unpaired) electrons. The van der Waals surface area contributed by atoms with E-state index in [0.29, 0.717) is 6.04 Å². The van der Waals surface area contributed by atoms with Crippen molar-refractivity contribution in [2.75, 3.05) is 45.1 Å². The average molecular weight is 326 g/mol. The summed E-state index contributed by atoms with van der Waals surface area (Å²) in [6.07, 6.45) is 1.28. The number of halogens is 1. The summed E-state index contributed by atoms with van der Waals surface area (Å²) < 4.78 is 1.13. The Bertz CT molecular complexity index is 379. The fourth-order valence-electron chi connectivity index (χ4n) is 2.67. The highest BCUT2D eigenvalue weighted by molar-refractivity contribution is 9.10. The first-order valence-electron chi connectivity index (χ1n) is 7.07. The molecule has 1 atom stereocenters. The Morgan fingerprint density at radius 3 is 2.74 bits per heavy atom. The first-order chi connectivity index (χ1) is 9.15. The number of hydrogen-bond donors (Lipinski definition) is 1. The number of rotatable bonds is 4. The lowest BCUT2D eigenvalue weighted by atomic mass is 10.2. The van der Waals surface area contributed by atoms with Gasteiger partial charge in [0.1, 0.15) is 0 Å². The van der Waals surface area contributed by atoms with E-state index in [1.165, 1.54) is 31.7 Å². The highest BCUT2D eigenvalue weighted by Gasteiger charge is 2.18. The second kappa shape index (κ2) is 7.27. The molecule has 2 rings (SSSR count). The van der Waals surface area contributed by atoms with Crippen LogP contribution in [-0.4, -0.2) is 55.6 Å². The molecule has 106 valence electrons. The van der Waals surface area contributed by atoms with Gasteiger partial charge >= 0.3 is 0 Å². The predicted molar refractivity (Wildman–Crippen MR) is 85.8 cm³/mol. The smallest absolute Gasteiger partial charge is 0.0341 e. The quantitative estimate of drug-likeness (QED) is 0.918. The van der Waals surface area contributed by atoms with E-state index in [-0.39, 0.29) is 0 Å². The van der Waals surface area contributed by atoms with Crippen LogP contribution in [0.1, 0.15) is 13.3 Å². The number of anilines is 1. The summed E-state index contributed by atoms with van der Waals surface area (Å²) in [6.45, 7) is 8.08. The van der Waals surface area contributed by atoms with Gasteiger partial charge in [0.15, 0.2) is 0 Å². The van der Waals surface area contributed by atoms with Gasteiger partial charge in [-0.2, -0.15) is 0 Å². The molecule has 0 aliphatic carbocycles. The average Bonchev–Trinajstić information content (AvgIpc) is 2.53. The van der Waals surface area contributed by atoms with Gasteiger partial charge in [0, 0.05) is 35.8 Å². The van der Waals surface area contributed by atoms with Gasteiger partial charge in [-0.05, 0) is 57.7 Å². The maximum Gasteiger partial charge on any atom is 0.0341 e. The third kappa shape index (κ3) is 4.79. The van der Waals surface area contributed by atoms with Crippen LogP contribution in [0.2, 0.25) is 0 Å². The van der Waals surface area contributed by atoms with Crippen LogP contribution in [0.3, 0.4) is 0 Å². The van der Waals surface area contributed by atoms with E-state index < -0.39 is 0 Å². The van der Waals surface area contributed by atoms with Crippen molar-refractivity contribution in [3.63, 3.8) is 0 Å². The molecule has 3 nitrogen and oxygen atoms in total. The second-order valence-corrected chi connectivity index (χ2v) is 6.35. The Morgan fingerprint density at radius 1 is 1.26 bits per heavy atom. The van der Waals surface area contributed by atoms with Crippen LogP contribution >= 0.6 is 15.9 Å². The SMILES string of the molecule is CC1CN(C)CCCN1CCNc1ccc(Br)cc1. The predicted octanol–water partition coefficient (Wildman–Crippen LogP) is 2.89. The molecule has 1 unspecified atom stereocenters. The maximum absolute atomic E-state index is 3.50. The Hall–Kier alpha value is -0.580. The van der Waals surface area contributed by atoms with E-state index in [0.717, 1.165) is 17.6 Å². The van der Waals surface area contributed by atoms with Gasteiger partial charge in [-0.1, -0.05) is 15.9 Å². The van der Waals surface area contributed by atoms with Crippen LogP contribution in [0, 0.1) is 0 Å². The maximum atomic E-state index is 3.50. The normalized spacial score (nSPS) is 22.2. The second-order valence-electron chi connectivity index (χ2n) is 5.43. The van der Waals surface area contributed by atoms with Crippen molar-refractivity contribution in [2.45, 2.75) is 19.4 Å². The van der Waals surface area contributed by atoms with Crippen molar-refractivity contribution in [3.05, 3.63) is 28.7 Å². The Kier molecular flexibility index (Phi) is 5.67. The Balaban J connectivity index is 1.76. The zero-order valence-corrected chi connectivity index (χ0v) is 13.5. The molecule has 0 spiro atoms. The number of hydrogen-bond acceptors (Lipinski definition) is 3. The lowest BCUT2D eigenvalue weighted by molar-refractivity contribution is 0.209. The zero-order chi connectivity index (χ0) is 13.7. The summed E-state index contributed by atoms with van der Waals surface area (Å²) in [5.41, 5.74) is 1.20. The summed E-state index contributed by atoms with van der Waals surface area (Å²) in [6, 6.07) is 9.03. The van der Waals surface area contributed by atoms with Crippen LogP contribution in [0.15, 0.2) is 28.7 Å². The van der Waals surface area contributed by atoms with Crippen LogP contribution in [0.4, 0.5) is 5.69 Å². The fraction of sp³-hybridized carbons (Fsp3) is 0.600. The van der Waals surface area contributed by atoms with Crippen molar-refractivity contribution < 1.29 is 0 Å². The van der Waals surface area contributed by atoms with Gasteiger partial charge in [-0.25, -0.2) is 0 Å². The standard InChI is InChI=1S/C15H24BrN3/c1-13-12-18(2)9-3-10-19(13)11-8-17-15-6-4-14(16)5-7-15/h4-7,13,17H,3,8-12H2,1-2H3. The molecule has 1 aromatic carbocycles. The third-order valence-electron chi connectivity index (χ3n) is 3.76. The van der Waals surface area contributed by atoms with E-state index >= 15 is 0 Å². The highest BCUT2D eigenvalue weighted by Crippen LogP contribution is 2.14. The van der Waals surface area contributed by atoms with Gasteiger partial charge < -0.3 is 10.2 Å². The van der Waals surface area contributed by atoms with Crippen molar-refractivity contribution in [1.29, 1.82) is 0 Å². The summed E-state index contributed by atoms with van der Waals surface area (Å²) in [7, 11) is 2.22. The van der Waals surface area contributed by atoms with Crippen molar-refractivity contribution in [3.8, 4) is 0 Å². The minimum absolute atomic E-state index is 0.652. The summed E-state index contributed by atoms with van der Waals surface area (Å²) in [5, 5.41) is 3.50. The molecule has 1 fully saturated rings. The van der Waals surface area contributed by atoms with Crippen molar-refractivity contribution >= 4 is 21.6 Å². The molecule has 1 heterocycles. The fourth-order valence-corrected chi connectivity index (χ4v) is 2.93. The molecule has 0 aromatic heterocycles. The Labute approximate surface area is 125 Å². The first-order valence-corrected chi connectivity index (χ1v) is 7.86. The van der Waals surface area contributed by atoms with Crippen LogP contribution in [0.5, 0.6) is 0 Å². The van der Waals surface area contributed by atoms with Gasteiger partial charge in [0.05, 0.1) is 0 Å². The summed E-state index contributed by atoms with van der Waals surface area (Å²) in [4.78, 5) is 5.03. The highest BCUT2D eigenvalue weighted by atomic mass is 79.9. The van der Waals surface area contributed by atoms with Crippen LogP contribution < -0.4 is 5.32 Å². The largest absolute Gasteiger partial charge is 0.384 e. The number of benzene rings is 1. The lowest BCUT2D eigenvalue weighted by Crippen LogP contribution is -2.40. The zero-order valence-electron chi connectivity index (χ0n) is 11.9. The molecule has 19 heavy (non-hydrogen) atoms. The molecule has 1 saturated heterocycles. The molecule has 0 amide bonds. The van der Waals surface area contributed by atoms with Crippen LogP contribution in [-0.2, 0) is 0 Å². The molecule has 1 N–H and O–H groups in total. The van der Waals surface area contributed by atoms with E-state index in [1.54, 1.807) is 0 Å². The van der Waals surface area contributed by atoms with Gasteiger partial charge in [0.25, 0.3) is 0 Å². The van der Waals surface area contributed by atoms with Gasteiger partial charge in [-0.15, -0.1) is 0 Å². The topological polar surface area (TPSA) is 18.5 Å². The van der Waals surface area contributed by atoms with E-state index in [1.807, 2.05) is 0 Å². The third-order valence-corrected chi connectivity index (χ3v) is 4.29. The van der Waals surface area contributed by atoms with Gasteiger partial charge in [-0.3, -0.25) is 4.90 Å². The van der Waals surface area contributed by atoms with Crippen LogP contribution in [0.25, 0.3) is 0 Å². The minimum atomic E-state index is 0.652. The molecule has 1 aromatic rings. The first kappa shape index (κ1) is 14.8. The molecule has 1 aliphatic rings. The number of nitrogens with one attached hydrogen (secondary N) is 1.